The molecule has 2 nitrogen and oxygen atoms in total. The zero-order valence-electron chi connectivity index (χ0n) is 12.0. The molecule has 1 fully saturated rings. The van der Waals surface area contributed by atoms with Crippen LogP contribution in [0.5, 0.6) is 0 Å². The van der Waals surface area contributed by atoms with Crippen LogP contribution >= 0.6 is 23.4 Å². The van der Waals surface area contributed by atoms with Gasteiger partial charge in [-0.1, -0.05) is 24.6 Å². The van der Waals surface area contributed by atoms with Crippen LogP contribution in [-0.2, 0) is 6.42 Å². The summed E-state index contributed by atoms with van der Waals surface area (Å²) in [6, 6.07) is 5.97. The van der Waals surface area contributed by atoms with Crippen LogP contribution in [0.4, 0.5) is 4.39 Å². The number of halogens is 2. The Labute approximate surface area is 130 Å². The first-order valence-electron chi connectivity index (χ1n) is 7.07. The Morgan fingerprint density at radius 2 is 2.35 bits per heavy atom. The van der Waals surface area contributed by atoms with E-state index in [9.17, 15) is 4.39 Å². The van der Waals surface area contributed by atoms with Crippen LogP contribution in [0.2, 0.25) is 5.02 Å². The summed E-state index contributed by atoms with van der Waals surface area (Å²) in [4.78, 5) is 2.41. The summed E-state index contributed by atoms with van der Waals surface area (Å²) in [7, 11) is 2.18. The molecule has 0 aliphatic carbocycles. The molecule has 2 atom stereocenters. The van der Waals surface area contributed by atoms with Gasteiger partial charge in [0.25, 0.3) is 0 Å². The fraction of sp³-hybridized carbons (Fsp3) is 0.600. The second-order valence-electron chi connectivity index (χ2n) is 5.24. The van der Waals surface area contributed by atoms with Crippen molar-refractivity contribution < 1.29 is 4.39 Å². The lowest BCUT2D eigenvalue weighted by Crippen LogP contribution is -2.53. The predicted molar refractivity (Wildman–Crippen MR) is 86.3 cm³/mol. The van der Waals surface area contributed by atoms with Gasteiger partial charge in [0.2, 0.25) is 0 Å². The highest BCUT2D eigenvalue weighted by molar-refractivity contribution is 7.99. The average Bonchev–Trinajstić information content (AvgIpc) is 2.43. The summed E-state index contributed by atoms with van der Waals surface area (Å²) in [5, 5.41) is 3.75. The van der Waals surface area contributed by atoms with Crippen molar-refractivity contribution in [3.63, 3.8) is 0 Å². The molecule has 5 heteroatoms. The molecule has 1 aromatic carbocycles. The van der Waals surface area contributed by atoms with Crippen molar-refractivity contribution >= 4 is 23.4 Å². The van der Waals surface area contributed by atoms with Crippen molar-refractivity contribution in [1.29, 1.82) is 0 Å². The fourth-order valence-corrected chi connectivity index (χ4v) is 4.09. The van der Waals surface area contributed by atoms with Crippen LogP contribution in [0, 0.1) is 5.82 Å². The average molecular weight is 317 g/mol. The van der Waals surface area contributed by atoms with Crippen LogP contribution in [0.3, 0.4) is 0 Å². The van der Waals surface area contributed by atoms with E-state index < -0.39 is 0 Å². The molecule has 112 valence electrons. The van der Waals surface area contributed by atoms with Gasteiger partial charge in [-0.2, -0.15) is 11.8 Å². The van der Waals surface area contributed by atoms with Gasteiger partial charge in [-0.15, -0.1) is 0 Å². The zero-order chi connectivity index (χ0) is 14.5. The van der Waals surface area contributed by atoms with Gasteiger partial charge in [-0.05, 0) is 37.7 Å². The van der Waals surface area contributed by atoms with Gasteiger partial charge in [0.1, 0.15) is 5.82 Å². The lowest BCUT2D eigenvalue weighted by Gasteiger charge is -2.38. The van der Waals surface area contributed by atoms with Gasteiger partial charge in [0, 0.05) is 30.1 Å². The van der Waals surface area contributed by atoms with Gasteiger partial charge in [0.15, 0.2) is 0 Å². The second-order valence-corrected chi connectivity index (χ2v) is 6.80. The molecular weight excluding hydrogens is 295 g/mol. The minimum Gasteiger partial charge on any atom is -0.312 e. The van der Waals surface area contributed by atoms with E-state index in [-0.39, 0.29) is 10.8 Å². The first-order valence-corrected chi connectivity index (χ1v) is 8.60. The Morgan fingerprint density at radius 3 is 3.00 bits per heavy atom. The number of likely N-dealkylation sites (N-methyl/N-ethyl adjacent to an activating group) is 2. The number of thioether (sulfide) groups is 1. The van der Waals surface area contributed by atoms with Crippen LogP contribution < -0.4 is 5.32 Å². The molecule has 0 aromatic heterocycles. The quantitative estimate of drug-likeness (QED) is 0.899. The van der Waals surface area contributed by atoms with Crippen molar-refractivity contribution in [1.82, 2.24) is 10.2 Å². The van der Waals surface area contributed by atoms with Crippen molar-refractivity contribution in [2.75, 3.05) is 31.6 Å². The van der Waals surface area contributed by atoms with Crippen LogP contribution in [-0.4, -0.2) is 48.6 Å². The maximum absolute atomic E-state index is 13.6. The molecule has 0 spiro atoms. The SMILES string of the molecule is CCNC(Cc1ccc(Cl)c(F)c1)C1CSCCN1C. The van der Waals surface area contributed by atoms with Crippen molar-refractivity contribution in [2.24, 2.45) is 0 Å². The lowest BCUT2D eigenvalue weighted by atomic mass is 9.99. The van der Waals surface area contributed by atoms with Gasteiger partial charge >= 0.3 is 0 Å². The van der Waals surface area contributed by atoms with E-state index in [4.69, 9.17) is 11.6 Å². The number of nitrogens with one attached hydrogen (secondary N) is 1. The largest absolute Gasteiger partial charge is 0.312 e. The molecule has 0 radical (unpaired) electrons. The normalized spacial score (nSPS) is 21.9. The molecule has 1 aliphatic heterocycles. The molecule has 2 unspecified atom stereocenters. The van der Waals surface area contributed by atoms with Gasteiger partial charge in [-0.25, -0.2) is 4.39 Å². The van der Waals surface area contributed by atoms with E-state index in [1.54, 1.807) is 12.1 Å². The summed E-state index contributed by atoms with van der Waals surface area (Å²) in [6.07, 6.45) is 0.831. The summed E-state index contributed by atoms with van der Waals surface area (Å²) >= 11 is 7.75. The molecule has 1 aliphatic rings. The van der Waals surface area contributed by atoms with E-state index in [2.05, 4.69) is 24.2 Å². The minimum atomic E-state index is -0.328. The van der Waals surface area contributed by atoms with Crippen molar-refractivity contribution in [2.45, 2.75) is 25.4 Å². The molecule has 0 saturated carbocycles. The van der Waals surface area contributed by atoms with Crippen LogP contribution in [0.25, 0.3) is 0 Å². The Hall–Kier alpha value is -0.290. The minimum absolute atomic E-state index is 0.194. The Bertz CT molecular complexity index is 444. The number of hydrogen-bond acceptors (Lipinski definition) is 3. The van der Waals surface area contributed by atoms with Gasteiger partial charge < -0.3 is 10.2 Å². The molecule has 2 rings (SSSR count). The Kier molecular flexibility index (Phi) is 6.15. The zero-order valence-corrected chi connectivity index (χ0v) is 13.6. The summed E-state index contributed by atoms with van der Waals surface area (Å²) < 4.78 is 13.6. The smallest absolute Gasteiger partial charge is 0.142 e. The highest BCUT2D eigenvalue weighted by Gasteiger charge is 2.27. The highest BCUT2D eigenvalue weighted by atomic mass is 35.5. The predicted octanol–water partition coefficient (Wildman–Crippen LogP) is 3.05. The van der Waals surface area contributed by atoms with E-state index in [0.29, 0.717) is 12.1 Å². The molecule has 0 amide bonds. The van der Waals surface area contributed by atoms with Crippen molar-refractivity contribution in [3.05, 3.63) is 34.6 Å². The number of benzene rings is 1. The third kappa shape index (κ3) is 4.10. The summed E-state index contributed by atoms with van der Waals surface area (Å²) in [5.74, 6) is 2.00. The molecule has 1 N–H and O–H groups in total. The van der Waals surface area contributed by atoms with E-state index in [1.807, 2.05) is 17.8 Å². The first kappa shape index (κ1) is 16.1. The van der Waals surface area contributed by atoms with E-state index in [1.165, 1.54) is 5.75 Å². The monoisotopic (exact) mass is 316 g/mol. The maximum Gasteiger partial charge on any atom is 0.142 e. The third-order valence-electron chi connectivity index (χ3n) is 3.81. The number of rotatable bonds is 5. The molecule has 1 saturated heterocycles. The maximum atomic E-state index is 13.6. The van der Waals surface area contributed by atoms with Gasteiger partial charge in [-0.3, -0.25) is 0 Å². The molecule has 0 bridgehead atoms. The topological polar surface area (TPSA) is 15.3 Å². The lowest BCUT2D eigenvalue weighted by molar-refractivity contribution is 0.215. The Balaban J connectivity index is 2.09. The number of nitrogens with zero attached hydrogens (tertiary/aromatic N) is 1. The van der Waals surface area contributed by atoms with Gasteiger partial charge in [0.05, 0.1) is 5.02 Å². The number of hydrogen-bond donors (Lipinski definition) is 1. The molecule has 1 heterocycles. The standard InChI is InChI=1S/C15H22ClFN2S/c1-3-18-14(15-10-20-7-6-19(15)2)9-11-4-5-12(16)13(17)8-11/h4-5,8,14-15,18H,3,6-7,9-10H2,1-2H3. The van der Waals surface area contributed by atoms with Crippen LogP contribution in [0.1, 0.15) is 12.5 Å². The molecule has 1 aromatic rings. The Morgan fingerprint density at radius 1 is 1.55 bits per heavy atom. The van der Waals surface area contributed by atoms with E-state index >= 15 is 0 Å². The van der Waals surface area contributed by atoms with E-state index in [0.717, 1.165) is 30.8 Å². The fourth-order valence-electron chi connectivity index (χ4n) is 2.66. The molecule has 20 heavy (non-hydrogen) atoms. The highest BCUT2D eigenvalue weighted by Crippen LogP contribution is 2.21. The first-order chi connectivity index (χ1) is 9.61. The van der Waals surface area contributed by atoms with Crippen LogP contribution in [0.15, 0.2) is 18.2 Å². The van der Waals surface area contributed by atoms with Crippen molar-refractivity contribution in [3.8, 4) is 0 Å². The second kappa shape index (κ2) is 7.64. The summed E-state index contributed by atoms with van der Waals surface area (Å²) in [6.45, 7) is 4.16. The summed E-state index contributed by atoms with van der Waals surface area (Å²) in [5.41, 5.74) is 1.00. The molecular formula is C15H22ClFN2S. The third-order valence-corrected chi connectivity index (χ3v) is 5.17.